The van der Waals surface area contributed by atoms with Crippen LogP contribution in [0.25, 0.3) is 0 Å². The molecule has 0 spiro atoms. The maximum Gasteiger partial charge on any atom is 0.243 e. The van der Waals surface area contributed by atoms with Crippen LogP contribution in [-0.2, 0) is 14.8 Å². The maximum absolute atomic E-state index is 12.5. The minimum Gasteiger partial charge on any atom is -0.398 e. The average molecular weight is 349 g/mol. The number of anilines is 1. The average Bonchev–Trinajstić information content (AvgIpc) is 2.37. The number of halogens is 1. The van der Waals surface area contributed by atoms with Gasteiger partial charge < -0.3 is 10.5 Å². The molecule has 19 heavy (non-hydrogen) atoms. The van der Waals surface area contributed by atoms with E-state index < -0.39 is 10.0 Å². The number of rotatable bonds is 7. The lowest BCUT2D eigenvalue weighted by Gasteiger charge is -2.20. The van der Waals surface area contributed by atoms with E-state index in [1.165, 1.54) is 23.5 Å². The number of sulfonamides is 1. The summed E-state index contributed by atoms with van der Waals surface area (Å²) in [5.41, 5.74) is 6.15. The molecule has 0 radical (unpaired) electrons. The monoisotopic (exact) mass is 348 g/mol. The number of nitrogens with zero attached hydrogens (tertiary/aromatic N) is 1. The fraction of sp³-hybridized carbons (Fsp3) is 0.333. The van der Waals surface area contributed by atoms with Gasteiger partial charge in [0.05, 0.1) is 11.5 Å². The third kappa shape index (κ3) is 4.04. The van der Waals surface area contributed by atoms with Crippen molar-refractivity contribution in [1.29, 1.82) is 0 Å². The van der Waals surface area contributed by atoms with Crippen LogP contribution >= 0.6 is 15.9 Å². The van der Waals surface area contributed by atoms with Crippen molar-refractivity contribution in [2.45, 2.75) is 4.90 Å². The van der Waals surface area contributed by atoms with Gasteiger partial charge in [0.25, 0.3) is 0 Å². The van der Waals surface area contributed by atoms with Crippen LogP contribution in [-0.4, -0.2) is 39.5 Å². The molecule has 0 aliphatic rings. The van der Waals surface area contributed by atoms with Crippen molar-refractivity contribution >= 4 is 31.6 Å². The fourth-order valence-electron chi connectivity index (χ4n) is 1.46. The van der Waals surface area contributed by atoms with Gasteiger partial charge in [-0.3, -0.25) is 0 Å². The topological polar surface area (TPSA) is 72.6 Å². The van der Waals surface area contributed by atoms with Crippen LogP contribution in [0.2, 0.25) is 0 Å². The zero-order valence-electron chi connectivity index (χ0n) is 10.7. The summed E-state index contributed by atoms with van der Waals surface area (Å²) >= 11 is 3.23. The Morgan fingerprint density at radius 1 is 1.53 bits per heavy atom. The molecular formula is C12H17BrN2O3S. The highest BCUT2D eigenvalue weighted by molar-refractivity contribution is 9.10. The third-order valence-corrected chi connectivity index (χ3v) is 5.04. The SMILES string of the molecule is C=CCN(CCOC)S(=O)(=O)c1ccc(N)c(Br)c1. The highest BCUT2D eigenvalue weighted by atomic mass is 79.9. The van der Waals surface area contributed by atoms with Crippen LogP contribution in [0.4, 0.5) is 5.69 Å². The Morgan fingerprint density at radius 3 is 2.74 bits per heavy atom. The van der Waals surface area contributed by atoms with Gasteiger partial charge in [-0.15, -0.1) is 6.58 Å². The van der Waals surface area contributed by atoms with Gasteiger partial charge in [-0.1, -0.05) is 6.08 Å². The lowest BCUT2D eigenvalue weighted by molar-refractivity contribution is 0.182. The second kappa shape index (κ2) is 7.04. The van der Waals surface area contributed by atoms with E-state index in [1.807, 2.05) is 0 Å². The van der Waals surface area contributed by atoms with E-state index in [0.29, 0.717) is 16.8 Å². The molecule has 0 saturated heterocycles. The van der Waals surface area contributed by atoms with Gasteiger partial charge in [-0.2, -0.15) is 4.31 Å². The molecule has 1 rings (SSSR count). The number of benzene rings is 1. The fourth-order valence-corrected chi connectivity index (χ4v) is 3.42. The first-order valence-corrected chi connectivity index (χ1v) is 7.81. The van der Waals surface area contributed by atoms with E-state index in [1.54, 1.807) is 12.1 Å². The smallest absolute Gasteiger partial charge is 0.243 e. The van der Waals surface area contributed by atoms with E-state index >= 15 is 0 Å². The normalized spacial score (nSPS) is 11.7. The Bertz CT molecular complexity index is 546. The van der Waals surface area contributed by atoms with E-state index in [4.69, 9.17) is 10.5 Å². The standard InChI is InChI=1S/C12H17BrN2O3S/c1-3-6-15(7-8-18-2)19(16,17)10-4-5-12(14)11(13)9-10/h3-5,9H,1,6-8,14H2,2H3. The molecule has 5 nitrogen and oxygen atoms in total. The van der Waals surface area contributed by atoms with Gasteiger partial charge in [0.15, 0.2) is 0 Å². The Balaban J connectivity index is 3.10. The van der Waals surface area contributed by atoms with Crippen molar-refractivity contribution in [3.8, 4) is 0 Å². The minimum absolute atomic E-state index is 0.187. The molecule has 0 fully saturated rings. The molecule has 0 bridgehead atoms. The van der Waals surface area contributed by atoms with Crippen LogP contribution in [0.5, 0.6) is 0 Å². The van der Waals surface area contributed by atoms with E-state index in [-0.39, 0.29) is 18.0 Å². The number of methoxy groups -OCH3 is 1. The van der Waals surface area contributed by atoms with Gasteiger partial charge in [-0.25, -0.2) is 8.42 Å². The molecule has 0 aromatic heterocycles. The molecule has 0 unspecified atom stereocenters. The summed E-state index contributed by atoms with van der Waals surface area (Å²) in [5.74, 6) is 0. The van der Waals surface area contributed by atoms with Gasteiger partial charge in [0, 0.05) is 30.4 Å². The van der Waals surface area contributed by atoms with Crippen molar-refractivity contribution in [2.75, 3.05) is 32.5 Å². The summed E-state index contributed by atoms with van der Waals surface area (Å²) in [5, 5.41) is 0. The summed E-state index contributed by atoms with van der Waals surface area (Å²) in [6.45, 7) is 4.39. The van der Waals surface area contributed by atoms with Crippen LogP contribution in [0.15, 0.2) is 40.2 Å². The van der Waals surface area contributed by atoms with Crippen LogP contribution in [0, 0.1) is 0 Å². The molecule has 1 aromatic carbocycles. The molecular weight excluding hydrogens is 332 g/mol. The summed E-state index contributed by atoms with van der Waals surface area (Å²) in [7, 11) is -2.05. The largest absolute Gasteiger partial charge is 0.398 e. The highest BCUT2D eigenvalue weighted by Crippen LogP contribution is 2.25. The number of ether oxygens (including phenoxy) is 1. The van der Waals surface area contributed by atoms with Crippen molar-refractivity contribution in [2.24, 2.45) is 0 Å². The molecule has 0 heterocycles. The zero-order valence-corrected chi connectivity index (χ0v) is 13.1. The lowest BCUT2D eigenvalue weighted by Crippen LogP contribution is -2.34. The lowest BCUT2D eigenvalue weighted by atomic mass is 10.3. The van der Waals surface area contributed by atoms with Crippen molar-refractivity contribution < 1.29 is 13.2 Å². The first-order valence-electron chi connectivity index (χ1n) is 5.58. The molecule has 106 valence electrons. The summed E-state index contributed by atoms with van der Waals surface area (Å²) in [6.07, 6.45) is 1.54. The number of hydrogen-bond acceptors (Lipinski definition) is 4. The Morgan fingerprint density at radius 2 is 2.21 bits per heavy atom. The number of nitrogen functional groups attached to an aromatic ring is 1. The number of hydrogen-bond donors (Lipinski definition) is 1. The van der Waals surface area contributed by atoms with E-state index in [2.05, 4.69) is 22.5 Å². The van der Waals surface area contributed by atoms with Crippen LogP contribution in [0.3, 0.4) is 0 Å². The highest BCUT2D eigenvalue weighted by Gasteiger charge is 2.23. The molecule has 0 atom stereocenters. The van der Waals surface area contributed by atoms with Gasteiger partial charge in [0.1, 0.15) is 0 Å². The summed E-state index contributed by atoms with van der Waals surface area (Å²) < 4.78 is 31.7. The number of nitrogens with two attached hydrogens (primary N) is 1. The van der Waals surface area contributed by atoms with Crippen LogP contribution < -0.4 is 5.73 Å². The van der Waals surface area contributed by atoms with Crippen molar-refractivity contribution in [1.82, 2.24) is 4.31 Å². The molecule has 0 saturated carbocycles. The van der Waals surface area contributed by atoms with E-state index in [0.717, 1.165) is 0 Å². The quantitative estimate of drug-likeness (QED) is 0.602. The second-order valence-corrected chi connectivity index (χ2v) is 6.62. The summed E-state index contributed by atoms with van der Waals surface area (Å²) in [6, 6.07) is 4.53. The molecule has 2 N–H and O–H groups in total. The second-order valence-electron chi connectivity index (χ2n) is 3.83. The Kier molecular flexibility index (Phi) is 5.99. The van der Waals surface area contributed by atoms with Crippen LogP contribution in [0.1, 0.15) is 0 Å². The van der Waals surface area contributed by atoms with E-state index in [9.17, 15) is 8.42 Å². The minimum atomic E-state index is -3.58. The van der Waals surface area contributed by atoms with Crippen molar-refractivity contribution in [3.05, 3.63) is 35.3 Å². The first kappa shape index (κ1) is 16.2. The zero-order chi connectivity index (χ0) is 14.5. The molecule has 0 aliphatic heterocycles. The van der Waals surface area contributed by atoms with Gasteiger partial charge in [0.2, 0.25) is 10.0 Å². The third-order valence-electron chi connectivity index (χ3n) is 2.49. The maximum atomic E-state index is 12.5. The van der Waals surface area contributed by atoms with Gasteiger partial charge >= 0.3 is 0 Å². The summed E-state index contributed by atoms with van der Waals surface area (Å²) in [4.78, 5) is 0.187. The predicted molar refractivity (Wildman–Crippen MR) is 79.4 cm³/mol. The molecule has 0 aliphatic carbocycles. The predicted octanol–water partition coefficient (Wildman–Crippen LogP) is 1.85. The van der Waals surface area contributed by atoms with Crippen molar-refractivity contribution in [3.63, 3.8) is 0 Å². The van der Waals surface area contributed by atoms with Gasteiger partial charge in [-0.05, 0) is 34.1 Å². The Hall–Kier alpha value is -0.890. The molecule has 1 aromatic rings. The molecule has 0 amide bonds. The first-order chi connectivity index (χ1) is 8.93. The Labute approximate surface area is 122 Å². The molecule has 7 heteroatoms.